The van der Waals surface area contributed by atoms with Gasteiger partial charge >= 0.3 is 6.16 Å². The van der Waals surface area contributed by atoms with Crippen molar-refractivity contribution in [2.45, 2.75) is 6.54 Å². The van der Waals surface area contributed by atoms with Crippen molar-refractivity contribution in [1.29, 1.82) is 0 Å². The van der Waals surface area contributed by atoms with Gasteiger partial charge in [-0.25, -0.2) is 14.8 Å². The largest absolute Gasteiger partial charge is 0.511 e. The Morgan fingerprint density at radius 3 is 2.61 bits per heavy atom. The van der Waals surface area contributed by atoms with Crippen molar-refractivity contribution < 1.29 is 37.6 Å². The summed E-state index contributed by atoms with van der Waals surface area (Å²) in [4.78, 5) is 23.0. The van der Waals surface area contributed by atoms with Crippen LogP contribution in [0.25, 0.3) is 33.1 Å². The molecular formula is C27H25N5O8S. The lowest BCUT2D eigenvalue weighted by Crippen LogP contribution is -2.30. The van der Waals surface area contributed by atoms with Crippen LogP contribution in [0, 0.1) is 0 Å². The van der Waals surface area contributed by atoms with Gasteiger partial charge in [0.2, 0.25) is 0 Å². The van der Waals surface area contributed by atoms with Gasteiger partial charge in [-0.05, 0) is 29.8 Å². The Labute approximate surface area is 233 Å². The molecule has 0 aliphatic heterocycles. The smallest absolute Gasteiger partial charge is 0.494 e. The summed E-state index contributed by atoms with van der Waals surface area (Å²) in [6.07, 6.45) is -0.366. The van der Waals surface area contributed by atoms with Crippen LogP contribution in [-0.4, -0.2) is 60.1 Å². The molecule has 0 saturated carbocycles. The van der Waals surface area contributed by atoms with E-state index in [4.69, 9.17) is 14.2 Å². The van der Waals surface area contributed by atoms with Crippen molar-refractivity contribution in [2.75, 3.05) is 25.0 Å². The molecule has 14 heteroatoms. The Balaban J connectivity index is 1.62. The number of methoxy groups -OCH3 is 1. The fourth-order valence-corrected chi connectivity index (χ4v) is 5.18. The molecule has 0 bridgehead atoms. The summed E-state index contributed by atoms with van der Waals surface area (Å²) < 4.78 is 46.6. The second-order valence-electron chi connectivity index (χ2n) is 8.73. The number of hydrogen-bond donors (Lipinski definition) is 5. The quantitative estimate of drug-likeness (QED) is 0.0870. The van der Waals surface area contributed by atoms with E-state index in [1.54, 1.807) is 55.6 Å². The normalized spacial score (nSPS) is 11.5. The van der Waals surface area contributed by atoms with Gasteiger partial charge in [-0.2, -0.15) is 13.1 Å². The lowest BCUT2D eigenvalue weighted by atomic mass is 10.0. The number of carbonyl (C=O) groups is 1. The number of nitrogens with one attached hydrogen (secondary N) is 3. The summed E-state index contributed by atoms with van der Waals surface area (Å²) in [5.74, 6) is -0.0921. The van der Waals surface area contributed by atoms with E-state index in [2.05, 4.69) is 24.4 Å². The third kappa shape index (κ3) is 6.14. The lowest BCUT2D eigenvalue weighted by Gasteiger charge is -2.15. The van der Waals surface area contributed by atoms with Crippen molar-refractivity contribution in [1.82, 2.24) is 19.7 Å². The molecule has 0 saturated heterocycles. The first kappa shape index (κ1) is 27.6. The van der Waals surface area contributed by atoms with E-state index in [1.807, 2.05) is 0 Å². The molecule has 41 heavy (non-hydrogen) atoms. The van der Waals surface area contributed by atoms with Crippen LogP contribution in [0.2, 0.25) is 0 Å². The first-order valence-electron chi connectivity index (χ1n) is 12.2. The van der Waals surface area contributed by atoms with Crippen LogP contribution in [0.4, 0.5) is 10.5 Å². The average Bonchev–Trinajstić information content (AvgIpc) is 3.29. The van der Waals surface area contributed by atoms with E-state index < -0.39 is 16.4 Å². The van der Waals surface area contributed by atoms with E-state index >= 15 is 0 Å². The van der Waals surface area contributed by atoms with Gasteiger partial charge in [0.1, 0.15) is 24.4 Å². The highest BCUT2D eigenvalue weighted by Gasteiger charge is 2.26. The maximum absolute atomic E-state index is 13.1. The van der Waals surface area contributed by atoms with Gasteiger partial charge in [0.05, 0.1) is 28.9 Å². The number of anilines is 1. The third-order valence-electron chi connectivity index (χ3n) is 6.05. The van der Waals surface area contributed by atoms with Crippen LogP contribution in [0.5, 0.6) is 17.4 Å². The van der Waals surface area contributed by atoms with E-state index in [1.165, 1.54) is 18.5 Å². The van der Waals surface area contributed by atoms with Crippen LogP contribution in [-0.2, 0) is 21.5 Å². The highest BCUT2D eigenvalue weighted by molar-refractivity contribution is 7.90. The molecule has 0 radical (unpaired) electrons. The summed E-state index contributed by atoms with van der Waals surface area (Å²) in [6, 6.07) is 16.7. The van der Waals surface area contributed by atoms with Gasteiger partial charge in [-0.3, -0.25) is 4.72 Å². The van der Waals surface area contributed by atoms with E-state index in [0.717, 1.165) is 0 Å². The van der Waals surface area contributed by atoms with Gasteiger partial charge < -0.3 is 29.4 Å². The van der Waals surface area contributed by atoms with Crippen molar-refractivity contribution >= 4 is 43.9 Å². The Bertz CT molecular complexity index is 1830. The van der Waals surface area contributed by atoms with Gasteiger partial charge in [0, 0.05) is 30.5 Å². The molecule has 0 fully saturated rings. The Morgan fingerprint density at radius 2 is 1.85 bits per heavy atom. The zero-order chi connectivity index (χ0) is 29.0. The molecule has 5 rings (SSSR count). The number of aromatic amines is 1. The second kappa shape index (κ2) is 11.7. The number of hydrogen-bond acceptors (Lipinski definition) is 9. The SMILES string of the molecule is COCCOc1ccc2c(-c3c(O)[nH]c4ccc(OC(=O)O)c(NS(=O)(=O)NCc5ccccc5)c34)ncnc2c1. The van der Waals surface area contributed by atoms with E-state index in [9.17, 15) is 23.4 Å². The molecule has 0 atom stereocenters. The molecule has 5 N–H and O–H groups in total. The van der Waals surface area contributed by atoms with Gasteiger partial charge in [-0.15, -0.1) is 0 Å². The Hall–Kier alpha value is -4.92. The average molecular weight is 580 g/mol. The number of rotatable bonds is 11. The molecule has 3 aromatic carbocycles. The predicted octanol–water partition coefficient (Wildman–Crippen LogP) is 4.01. The lowest BCUT2D eigenvalue weighted by molar-refractivity contribution is 0.145. The molecule has 0 aliphatic carbocycles. The number of fused-ring (bicyclic) bond motifs is 2. The molecule has 5 aromatic rings. The monoisotopic (exact) mass is 579 g/mol. The Kier molecular flexibility index (Phi) is 7.87. The maximum atomic E-state index is 13.1. The van der Waals surface area contributed by atoms with Crippen LogP contribution in [0.1, 0.15) is 5.56 Å². The van der Waals surface area contributed by atoms with Crippen molar-refractivity contribution in [2.24, 2.45) is 0 Å². The fraction of sp³-hybridized carbons (Fsp3) is 0.148. The summed E-state index contributed by atoms with van der Waals surface area (Å²) >= 11 is 0. The number of nitrogens with zero attached hydrogens (tertiary/aromatic N) is 2. The Morgan fingerprint density at radius 1 is 1.05 bits per heavy atom. The molecule has 0 spiro atoms. The molecule has 2 heterocycles. The number of aromatic hydroxyl groups is 1. The molecule has 2 aromatic heterocycles. The molecule has 0 unspecified atom stereocenters. The van der Waals surface area contributed by atoms with Crippen LogP contribution < -0.4 is 18.9 Å². The zero-order valence-corrected chi connectivity index (χ0v) is 22.4. The summed E-state index contributed by atoms with van der Waals surface area (Å²) in [5, 5.41) is 21.0. The standard InChI is InChI=1S/C27H25N5O8S/c1-38-11-12-39-17-7-8-18-20(13-17)28-15-29-24(18)23-22-19(31-26(23)33)9-10-21(40-27(34)35)25(22)32-41(36,37)30-14-16-5-3-2-4-6-16/h2-10,13,15,30-33H,11-12,14H2,1H3,(H,34,35). The first-order valence-corrected chi connectivity index (χ1v) is 13.7. The predicted molar refractivity (Wildman–Crippen MR) is 150 cm³/mol. The van der Waals surface area contributed by atoms with Crippen molar-refractivity contribution in [3.05, 3.63) is 72.6 Å². The summed E-state index contributed by atoms with van der Waals surface area (Å²) in [7, 11) is -2.69. The molecule has 0 amide bonds. The summed E-state index contributed by atoms with van der Waals surface area (Å²) in [6.45, 7) is 0.700. The number of H-pyrrole nitrogens is 1. The highest BCUT2D eigenvalue weighted by atomic mass is 32.2. The van der Waals surface area contributed by atoms with Crippen LogP contribution in [0.3, 0.4) is 0 Å². The minimum atomic E-state index is -4.26. The van der Waals surface area contributed by atoms with Gasteiger partial charge in [0.15, 0.2) is 11.6 Å². The molecular weight excluding hydrogens is 554 g/mol. The molecule has 212 valence electrons. The van der Waals surface area contributed by atoms with Gasteiger partial charge in [-0.1, -0.05) is 30.3 Å². The van der Waals surface area contributed by atoms with Crippen LogP contribution in [0.15, 0.2) is 67.0 Å². The van der Waals surface area contributed by atoms with Crippen LogP contribution >= 0.6 is 0 Å². The van der Waals surface area contributed by atoms with Crippen molar-refractivity contribution in [3.8, 4) is 28.6 Å². The zero-order valence-electron chi connectivity index (χ0n) is 21.6. The summed E-state index contributed by atoms with van der Waals surface area (Å²) in [5.41, 5.74) is 1.63. The fourth-order valence-electron chi connectivity index (χ4n) is 4.28. The number of carboxylic acid groups (broad SMARTS) is 1. The first-order chi connectivity index (χ1) is 19.8. The van der Waals surface area contributed by atoms with E-state index in [0.29, 0.717) is 40.9 Å². The molecule has 13 nitrogen and oxygen atoms in total. The van der Waals surface area contributed by atoms with Crippen molar-refractivity contribution in [3.63, 3.8) is 0 Å². The third-order valence-corrected chi connectivity index (χ3v) is 7.05. The number of aromatic nitrogens is 3. The van der Waals surface area contributed by atoms with E-state index in [-0.39, 0.29) is 40.5 Å². The topological polar surface area (TPSA) is 185 Å². The maximum Gasteiger partial charge on any atom is 0.511 e. The molecule has 0 aliphatic rings. The van der Waals surface area contributed by atoms with Gasteiger partial charge in [0.25, 0.3) is 10.2 Å². The minimum Gasteiger partial charge on any atom is -0.494 e. The minimum absolute atomic E-state index is 0.0299. The number of benzene rings is 3. The highest BCUT2D eigenvalue weighted by Crippen LogP contribution is 2.45. The number of ether oxygens (including phenoxy) is 3. The second-order valence-corrected chi connectivity index (χ2v) is 10.2.